The van der Waals surface area contributed by atoms with E-state index in [-0.39, 0.29) is 28.8 Å². The lowest BCUT2D eigenvalue weighted by molar-refractivity contribution is 0.0837. The molecule has 1 unspecified atom stereocenters. The highest BCUT2D eigenvalue weighted by atomic mass is 32.2. The molecule has 7 nitrogen and oxygen atoms in total. The number of nitrogens with one attached hydrogen (secondary N) is 2. The Morgan fingerprint density at radius 1 is 1.06 bits per heavy atom. The van der Waals surface area contributed by atoms with Gasteiger partial charge in [0.25, 0.3) is 5.91 Å². The zero-order chi connectivity index (χ0) is 26.1. The molecule has 2 fully saturated rings. The van der Waals surface area contributed by atoms with Crippen molar-refractivity contribution in [2.24, 2.45) is 17.3 Å². The average Bonchev–Trinajstić information content (AvgIpc) is 3.41. The molecule has 2 aliphatic rings. The van der Waals surface area contributed by atoms with Gasteiger partial charge in [-0.05, 0) is 74.4 Å². The molecule has 4 rings (SSSR count). The number of anilines is 1. The highest BCUT2D eigenvalue weighted by Gasteiger charge is 2.53. The molecule has 196 valence electrons. The first-order valence-electron chi connectivity index (χ1n) is 12.8. The molecule has 2 bridgehead atoms. The third-order valence-corrected chi connectivity index (χ3v) is 9.98. The van der Waals surface area contributed by atoms with E-state index >= 15 is 0 Å². The Balaban J connectivity index is 1.61. The van der Waals surface area contributed by atoms with Crippen LogP contribution in [-0.4, -0.2) is 63.8 Å². The molecule has 2 aliphatic carbocycles. The highest BCUT2D eigenvalue weighted by Crippen LogP contribution is 2.55. The van der Waals surface area contributed by atoms with E-state index in [4.69, 9.17) is 0 Å². The topological polar surface area (TPSA) is 81.8 Å². The second kappa shape index (κ2) is 10.5. The minimum atomic E-state index is -3.86. The van der Waals surface area contributed by atoms with Crippen LogP contribution in [0, 0.1) is 17.3 Å². The molecule has 2 saturated carbocycles. The Morgan fingerprint density at radius 2 is 1.78 bits per heavy atom. The van der Waals surface area contributed by atoms with Gasteiger partial charge in [0, 0.05) is 38.3 Å². The molecule has 2 aromatic carbocycles. The molecule has 0 radical (unpaired) electrons. The van der Waals surface area contributed by atoms with Gasteiger partial charge in [0.2, 0.25) is 10.0 Å². The van der Waals surface area contributed by atoms with Gasteiger partial charge in [0.15, 0.2) is 0 Å². The third kappa shape index (κ3) is 5.45. The smallest absolute Gasteiger partial charge is 0.251 e. The van der Waals surface area contributed by atoms with Crippen molar-refractivity contribution in [3.05, 3.63) is 59.7 Å². The summed E-state index contributed by atoms with van der Waals surface area (Å²) in [6, 6.07) is 14.6. The molecular weight excluding hydrogens is 472 g/mol. The first-order valence-corrected chi connectivity index (χ1v) is 14.3. The molecule has 0 aliphatic heterocycles. The fourth-order valence-electron chi connectivity index (χ4n) is 5.92. The number of hydrogen-bond acceptors (Lipinski definition) is 5. The van der Waals surface area contributed by atoms with E-state index in [0.29, 0.717) is 29.6 Å². The van der Waals surface area contributed by atoms with E-state index in [1.807, 2.05) is 49.3 Å². The summed E-state index contributed by atoms with van der Waals surface area (Å²) in [7, 11) is 1.66. The second-order valence-electron chi connectivity index (χ2n) is 11.2. The SMILES string of the molecule is CN(C)CCNc1ccc(C(=O)NC2[C@H]3CC[C@H](C3)C2(C)C)cc1S(=O)(=O)N(C)Cc1ccccc1. The summed E-state index contributed by atoms with van der Waals surface area (Å²) in [6.07, 6.45) is 3.54. The Kier molecular flexibility index (Phi) is 7.78. The standard InChI is InChI=1S/C28H40N4O3S/c1-28(2)23-13-11-21(17-23)26(28)30-27(33)22-12-14-24(29-15-16-31(3)4)25(18-22)36(34,35)32(5)19-20-9-7-6-8-10-20/h6-10,12,14,18,21,23,26,29H,11,13,15-17,19H2,1-5H3,(H,30,33)/t21-,23+,26?/m0/s1. The van der Waals surface area contributed by atoms with Crippen LogP contribution in [0.3, 0.4) is 0 Å². The Bertz CT molecular complexity index is 1180. The van der Waals surface area contributed by atoms with Crippen LogP contribution in [0.2, 0.25) is 0 Å². The first kappa shape index (κ1) is 26.6. The number of fused-ring (bicyclic) bond motifs is 2. The van der Waals surface area contributed by atoms with Crippen LogP contribution in [0.25, 0.3) is 0 Å². The molecule has 3 atom stereocenters. The number of carbonyl (C=O) groups excluding carboxylic acids is 1. The van der Waals surface area contributed by atoms with Gasteiger partial charge in [-0.1, -0.05) is 44.2 Å². The van der Waals surface area contributed by atoms with E-state index in [0.717, 1.165) is 24.9 Å². The monoisotopic (exact) mass is 512 g/mol. The number of likely N-dealkylation sites (N-methyl/N-ethyl adjacent to an activating group) is 1. The van der Waals surface area contributed by atoms with E-state index in [2.05, 4.69) is 24.5 Å². The zero-order valence-corrected chi connectivity index (χ0v) is 22.9. The second-order valence-corrected chi connectivity index (χ2v) is 13.2. The van der Waals surface area contributed by atoms with Gasteiger partial charge in [-0.25, -0.2) is 8.42 Å². The maximum Gasteiger partial charge on any atom is 0.251 e. The number of rotatable bonds is 10. The molecule has 0 heterocycles. The molecule has 8 heteroatoms. The molecule has 2 aromatic rings. The maximum atomic E-state index is 13.7. The average molecular weight is 513 g/mol. The van der Waals surface area contributed by atoms with Crippen molar-refractivity contribution in [2.75, 3.05) is 39.5 Å². The van der Waals surface area contributed by atoms with E-state index in [9.17, 15) is 13.2 Å². The van der Waals surface area contributed by atoms with Crippen molar-refractivity contribution < 1.29 is 13.2 Å². The van der Waals surface area contributed by atoms with Crippen molar-refractivity contribution in [1.29, 1.82) is 0 Å². The fraction of sp³-hybridized carbons (Fsp3) is 0.536. The van der Waals surface area contributed by atoms with Crippen LogP contribution >= 0.6 is 0 Å². The van der Waals surface area contributed by atoms with Gasteiger partial charge < -0.3 is 15.5 Å². The molecule has 1 amide bonds. The van der Waals surface area contributed by atoms with Crippen molar-refractivity contribution in [2.45, 2.75) is 50.6 Å². The number of nitrogens with zero attached hydrogens (tertiary/aromatic N) is 2. The molecule has 0 saturated heterocycles. The van der Waals surface area contributed by atoms with Crippen LogP contribution in [0.4, 0.5) is 5.69 Å². The van der Waals surface area contributed by atoms with Crippen LogP contribution in [0.5, 0.6) is 0 Å². The van der Waals surface area contributed by atoms with Crippen LogP contribution in [0.15, 0.2) is 53.4 Å². The molecule has 0 spiro atoms. The summed E-state index contributed by atoms with van der Waals surface area (Å²) in [5.41, 5.74) is 1.84. The minimum absolute atomic E-state index is 0.0526. The maximum absolute atomic E-state index is 13.7. The predicted molar refractivity (Wildman–Crippen MR) is 144 cm³/mol. The summed E-state index contributed by atoms with van der Waals surface area (Å²) in [5.74, 6) is 0.933. The lowest BCUT2D eigenvalue weighted by Crippen LogP contribution is -2.48. The van der Waals surface area contributed by atoms with Gasteiger partial charge in [0.1, 0.15) is 4.90 Å². The lowest BCUT2D eigenvalue weighted by atomic mass is 9.73. The number of carbonyl (C=O) groups is 1. The Labute approximate surface area is 216 Å². The minimum Gasteiger partial charge on any atom is -0.383 e. The summed E-state index contributed by atoms with van der Waals surface area (Å²) < 4.78 is 28.8. The number of amides is 1. The van der Waals surface area contributed by atoms with Gasteiger partial charge in [-0.15, -0.1) is 0 Å². The number of hydrogen-bond donors (Lipinski definition) is 2. The van der Waals surface area contributed by atoms with Crippen LogP contribution < -0.4 is 10.6 Å². The zero-order valence-electron chi connectivity index (χ0n) is 22.1. The van der Waals surface area contributed by atoms with E-state index in [1.165, 1.54) is 16.8 Å². The summed E-state index contributed by atoms with van der Waals surface area (Å²) in [4.78, 5) is 15.5. The Morgan fingerprint density at radius 3 is 2.42 bits per heavy atom. The predicted octanol–water partition coefficient (Wildman–Crippen LogP) is 4.04. The van der Waals surface area contributed by atoms with Gasteiger partial charge in [0.05, 0.1) is 5.69 Å². The lowest BCUT2D eigenvalue weighted by Gasteiger charge is -2.38. The fourth-order valence-corrected chi connectivity index (χ4v) is 7.26. The quantitative estimate of drug-likeness (QED) is 0.502. The Hall–Kier alpha value is -2.42. The summed E-state index contributed by atoms with van der Waals surface area (Å²) in [5, 5.41) is 6.53. The third-order valence-electron chi connectivity index (χ3n) is 8.14. The molecule has 2 N–H and O–H groups in total. The van der Waals surface area contributed by atoms with Crippen LogP contribution in [-0.2, 0) is 16.6 Å². The number of sulfonamides is 1. The number of benzene rings is 2. The van der Waals surface area contributed by atoms with E-state index in [1.54, 1.807) is 19.2 Å². The van der Waals surface area contributed by atoms with Gasteiger partial charge >= 0.3 is 0 Å². The van der Waals surface area contributed by atoms with Crippen molar-refractivity contribution in [3.63, 3.8) is 0 Å². The summed E-state index contributed by atoms with van der Waals surface area (Å²) in [6.45, 7) is 6.07. The van der Waals surface area contributed by atoms with Crippen molar-refractivity contribution in [3.8, 4) is 0 Å². The molecule has 0 aromatic heterocycles. The molecule has 36 heavy (non-hydrogen) atoms. The van der Waals surface area contributed by atoms with Crippen LogP contribution in [0.1, 0.15) is 49.0 Å². The van der Waals surface area contributed by atoms with Gasteiger partial charge in [-0.3, -0.25) is 4.79 Å². The molecular formula is C28H40N4O3S. The highest BCUT2D eigenvalue weighted by molar-refractivity contribution is 7.89. The van der Waals surface area contributed by atoms with Gasteiger partial charge in [-0.2, -0.15) is 4.31 Å². The largest absolute Gasteiger partial charge is 0.383 e. The first-order chi connectivity index (χ1) is 17.0. The normalized spacial score (nSPS) is 22.8. The van der Waals surface area contributed by atoms with E-state index < -0.39 is 10.0 Å². The summed E-state index contributed by atoms with van der Waals surface area (Å²) >= 11 is 0. The van der Waals surface area contributed by atoms with Crippen molar-refractivity contribution in [1.82, 2.24) is 14.5 Å². The van der Waals surface area contributed by atoms with Crippen molar-refractivity contribution >= 4 is 21.6 Å².